The smallest absolute Gasteiger partial charge is 0.272 e. The number of carbonyl (C=O) groups is 1. The van der Waals surface area contributed by atoms with Crippen LogP contribution in [0.15, 0.2) is 53.2 Å². The van der Waals surface area contributed by atoms with Gasteiger partial charge < -0.3 is 14.3 Å². The minimum atomic E-state index is -0.150. The summed E-state index contributed by atoms with van der Waals surface area (Å²) in [6, 6.07) is 11.0. The first-order valence-electron chi connectivity index (χ1n) is 6.59. The standard InChI is InChI=1S/C16H15N3O2/c1-11-10-17-16(21-11)12-5-3-6-13(9-12)18-15(20)14-7-4-8-19(14)2/h3-10H,1-2H3,(H,18,20). The number of aryl methyl sites for hydroxylation is 2. The molecule has 3 aromatic rings. The van der Waals surface area contributed by atoms with Crippen LogP contribution in [-0.2, 0) is 7.05 Å². The Morgan fingerprint density at radius 1 is 1.29 bits per heavy atom. The van der Waals surface area contributed by atoms with Gasteiger partial charge in [0.2, 0.25) is 5.89 Å². The number of oxazole rings is 1. The molecule has 1 N–H and O–H groups in total. The van der Waals surface area contributed by atoms with Gasteiger partial charge in [-0.1, -0.05) is 6.07 Å². The Labute approximate surface area is 122 Å². The summed E-state index contributed by atoms with van der Waals surface area (Å²) in [5, 5.41) is 2.87. The summed E-state index contributed by atoms with van der Waals surface area (Å²) in [5.41, 5.74) is 2.13. The van der Waals surface area contributed by atoms with Crippen molar-refractivity contribution in [3.05, 3.63) is 60.2 Å². The first kappa shape index (κ1) is 13.2. The van der Waals surface area contributed by atoms with Gasteiger partial charge >= 0.3 is 0 Å². The molecule has 1 aromatic carbocycles. The molecule has 0 aliphatic carbocycles. The topological polar surface area (TPSA) is 60.1 Å². The van der Waals surface area contributed by atoms with Gasteiger partial charge in [0, 0.05) is 24.5 Å². The third-order valence-electron chi connectivity index (χ3n) is 3.17. The van der Waals surface area contributed by atoms with E-state index in [0.29, 0.717) is 17.3 Å². The van der Waals surface area contributed by atoms with Gasteiger partial charge in [0.05, 0.1) is 6.20 Å². The molecule has 1 amide bonds. The fourth-order valence-corrected chi connectivity index (χ4v) is 2.11. The Morgan fingerprint density at radius 2 is 2.14 bits per heavy atom. The second-order valence-corrected chi connectivity index (χ2v) is 4.82. The van der Waals surface area contributed by atoms with Gasteiger partial charge in [0.15, 0.2) is 0 Å². The van der Waals surface area contributed by atoms with E-state index in [4.69, 9.17) is 4.42 Å². The van der Waals surface area contributed by atoms with Crippen LogP contribution in [0.3, 0.4) is 0 Å². The van der Waals surface area contributed by atoms with E-state index in [9.17, 15) is 4.79 Å². The van der Waals surface area contributed by atoms with Gasteiger partial charge in [-0.15, -0.1) is 0 Å². The predicted octanol–water partition coefficient (Wildman–Crippen LogP) is 3.24. The summed E-state index contributed by atoms with van der Waals surface area (Å²) in [5.74, 6) is 1.15. The molecule has 3 rings (SSSR count). The van der Waals surface area contributed by atoms with E-state index in [1.807, 2.05) is 50.5 Å². The number of hydrogen-bond acceptors (Lipinski definition) is 3. The van der Waals surface area contributed by atoms with Crippen LogP contribution >= 0.6 is 0 Å². The molecular weight excluding hydrogens is 266 g/mol. The second-order valence-electron chi connectivity index (χ2n) is 4.82. The van der Waals surface area contributed by atoms with Crippen LogP contribution in [0.5, 0.6) is 0 Å². The summed E-state index contributed by atoms with van der Waals surface area (Å²) in [4.78, 5) is 16.4. The number of anilines is 1. The third kappa shape index (κ3) is 2.72. The summed E-state index contributed by atoms with van der Waals surface area (Å²) in [6.07, 6.45) is 3.51. The lowest BCUT2D eigenvalue weighted by Crippen LogP contribution is -2.15. The Balaban J connectivity index is 1.84. The molecule has 2 aromatic heterocycles. The van der Waals surface area contributed by atoms with Crippen molar-refractivity contribution < 1.29 is 9.21 Å². The van der Waals surface area contributed by atoms with Gasteiger partial charge in [-0.2, -0.15) is 0 Å². The van der Waals surface area contributed by atoms with Crippen molar-refractivity contribution in [2.75, 3.05) is 5.32 Å². The monoisotopic (exact) mass is 281 g/mol. The van der Waals surface area contributed by atoms with Crippen molar-refractivity contribution in [1.29, 1.82) is 0 Å². The van der Waals surface area contributed by atoms with E-state index in [0.717, 1.165) is 11.3 Å². The number of benzene rings is 1. The van der Waals surface area contributed by atoms with Crippen LogP contribution in [-0.4, -0.2) is 15.5 Å². The molecule has 0 atom stereocenters. The fourth-order valence-electron chi connectivity index (χ4n) is 2.11. The normalized spacial score (nSPS) is 10.6. The first-order valence-corrected chi connectivity index (χ1v) is 6.59. The Hall–Kier alpha value is -2.82. The molecule has 21 heavy (non-hydrogen) atoms. The van der Waals surface area contributed by atoms with Crippen molar-refractivity contribution >= 4 is 11.6 Å². The van der Waals surface area contributed by atoms with Gasteiger partial charge in [-0.05, 0) is 37.3 Å². The van der Waals surface area contributed by atoms with Crippen LogP contribution in [0.1, 0.15) is 16.2 Å². The molecular formula is C16H15N3O2. The maximum atomic E-state index is 12.2. The van der Waals surface area contributed by atoms with Crippen LogP contribution in [0.4, 0.5) is 5.69 Å². The molecule has 0 aliphatic rings. The van der Waals surface area contributed by atoms with Gasteiger partial charge in [0.1, 0.15) is 11.5 Å². The molecule has 0 spiro atoms. The highest BCUT2D eigenvalue weighted by molar-refractivity contribution is 6.03. The first-order chi connectivity index (χ1) is 10.1. The lowest BCUT2D eigenvalue weighted by atomic mass is 10.2. The number of rotatable bonds is 3. The molecule has 106 valence electrons. The van der Waals surface area contributed by atoms with E-state index >= 15 is 0 Å². The summed E-state index contributed by atoms with van der Waals surface area (Å²) in [7, 11) is 1.83. The maximum absolute atomic E-state index is 12.2. The largest absolute Gasteiger partial charge is 0.441 e. The van der Waals surface area contributed by atoms with Gasteiger partial charge in [0.25, 0.3) is 5.91 Å². The van der Waals surface area contributed by atoms with Crippen LogP contribution in [0.2, 0.25) is 0 Å². The zero-order chi connectivity index (χ0) is 14.8. The number of amides is 1. The van der Waals surface area contributed by atoms with Crippen LogP contribution < -0.4 is 5.32 Å². The van der Waals surface area contributed by atoms with Crippen molar-refractivity contribution in [3.8, 4) is 11.5 Å². The Bertz CT molecular complexity index is 786. The van der Waals surface area contributed by atoms with Crippen LogP contribution in [0, 0.1) is 6.92 Å². The van der Waals surface area contributed by atoms with Gasteiger partial charge in [-0.25, -0.2) is 4.98 Å². The molecule has 0 aliphatic heterocycles. The molecule has 0 radical (unpaired) electrons. The predicted molar refractivity (Wildman–Crippen MR) is 80.0 cm³/mol. The van der Waals surface area contributed by atoms with Crippen molar-refractivity contribution in [2.45, 2.75) is 6.92 Å². The highest BCUT2D eigenvalue weighted by Crippen LogP contribution is 2.22. The van der Waals surface area contributed by atoms with Crippen LogP contribution in [0.25, 0.3) is 11.5 Å². The number of nitrogens with zero attached hydrogens (tertiary/aromatic N) is 2. The summed E-state index contributed by atoms with van der Waals surface area (Å²) >= 11 is 0. The second kappa shape index (κ2) is 5.28. The molecule has 0 saturated heterocycles. The highest BCUT2D eigenvalue weighted by Gasteiger charge is 2.10. The van der Waals surface area contributed by atoms with Crippen molar-refractivity contribution in [3.63, 3.8) is 0 Å². The average Bonchev–Trinajstić information content (AvgIpc) is 3.08. The van der Waals surface area contributed by atoms with E-state index in [-0.39, 0.29) is 5.91 Å². The molecule has 5 heteroatoms. The number of hydrogen-bond donors (Lipinski definition) is 1. The summed E-state index contributed by atoms with van der Waals surface area (Å²) < 4.78 is 7.27. The molecule has 0 unspecified atom stereocenters. The summed E-state index contributed by atoms with van der Waals surface area (Å²) in [6.45, 7) is 1.84. The van der Waals surface area contributed by atoms with Gasteiger partial charge in [-0.3, -0.25) is 4.79 Å². The maximum Gasteiger partial charge on any atom is 0.272 e. The minimum absolute atomic E-state index is 0.150. The van der Waals surface area contributed by atoms with Crippen molar-refractivity contribution in [1.82, 2.24) is 9.55 Å². The lowest BCUT2D eigenvalue weighted by Gasteiger charge is -2.07. The number of nitrogens with one attached hydrogen (secondary N) is 1. The highest BCUT2D eigenvalue weighted by atomic mass is 16.4. The zero-order valence-corrected chi connectivity index (χ0v) is 11.8. The molecule has 2 heterocycles. The lowest BCUT2D eigenvalue weighted by molar-refractivity contribution is 0.101. The van der Waals surface area contributed by atoms with E-state index < -0.39 is 0 Å². The molecule has 0 bridgehead atoms. The average molecular weight is 281 g/mol. The number of carbonyl (C=O) groups excluding carboxylic acids is 1. The van der Waals surface area contributed by atoms with Crippen molar-refractivity contribution in [2.24, 2.45) is 7.05 Å². The Kier molecular flexibility index (Phi) is 3.31. The zero-order valence-electron chi connectivity index (χ0n) is 11.8. The SMILES string of the molecule is Cc1cnc(-c2cccc(NC(=O)c3cccn3C)c2)o1. The fraction of sp³-hybridized carbons (Fsp3) is 0.125. The molecule has 0 saturated carbocycles. The number of aromatic nitrogens is 2. The molecule has 0 fully saturated rings. The minimum Gasteiger partial charge on any atom is -0.441 e. The third-order valence-corrected chi connectivity index (χ3v) is 3.17. The Morgan fingerprint density at radius 3 is 2.81 bits per heavy atom. The van der Waals surface area contributed by atoms with E-state index in [1.54, 1.807) is 16.8 Å². The van der Waals surface area contributed by atoms with E-state index in [2.05, 4.69) is 10.3 Å². The molecule has 5 nitrogen and oxygen atoms in total. The quantitative estimate of drug-likeness (QED) is 0.801. The van der Waals surface area contributed by atoms with E-state index in [1.165, 1.54) is 0 Å².